The first kappa shape index (κ1) is 7.30. The quantitative estimate of drug-likeness (QED) is 0.643. The van der Waals surface area contributed by atoms with E-state index >= 15 is 0 Å². The van der Waals surface area contributed by atoms with E-state index in [4.69, 9.17) is 0 Å². The van der Waals surface area contributed by atoms with Crippen LogP contribution in [0.15, 0.2) is 35.0 Å². The fourth-order valence-electron chi connectivity index (χ4n) is 1.01. The second-order valence-electron chi connectivity index (χ2n) is 2.35. The van der Waals surface area contributed by atoms with Gasteiger partial charge >= 0.3 is 0 Å². The van der Waals surface area contributed by atoms with Gasteiger partial charge in [0.05, 0.1) is 11.1 Å². The molecule has 0 fully saturated rings. The Bertz CT molecular complexity index is 436. The summed E-state index contributed by atoms with van der Waals surface area (Å²) in [6, 6.07) is 3.35. The molecule has 4 nitrogen and oxygen atoms in total. The minimum atomic E-state index is -3.30. The van der Waals surface area contributed by atoms with Crippen LogP contribution in [0.4, 0.5) is 5.69 Å². The van der Waals surface area contributed by atoms with Crippen molar-refractivity contribution in [1.29, 1.82) is 0 Å². The van der Waals surface area contributed by atoms with Crippen LogP contribution in [0.1, 0.15) is 0 Å². The number of rotatable bonds is 0. The maximum Gasteiger partial charge on any atom is 0.220 e. The molecule has 1 aliphatic heterocycles. The van der Waals surface area contributed by atoms with Crippen molar-refractivity contribution in [1.82, 2.24) is 4.98 Å². The average molecular weight is 182 g/mol. The predicted octanol–water partition coefficient (Wildman–Crippen LogP) is 0.752. The van der Waals surface area contributed by atoms with E-state index in [1.54, 1.807) is 12.1 Å². The van der Waals surface area contributed by atoms with Crippen LogP contribution in [-0.4, -0.2) is 13.4 Å². The molecule has 1 aromatic rings. The minimum absolute atomic E-state index is 0.0903. The molecule has 0 saturated carbocycles. The minimum Gasteiger partial charge on any atom is -0.359 e. The predicted molar refractivity (Wildman–Crippen MR) is 44.2 cm³/mol. The summed E-state index contributed by atoms with van der Waals surface area (Å²) in [4.78, 5) is 3.77. The Balaban J connectivity index is 2.75. The Morgan fingerprint density at radius 2 is 2.25 bits per heavy atom. The van der Waals surface area contributed by atoms with Crippen molar-refractivity contribution >= 4 is 15.5 Å². The fourth-order valence-corrected chi connectivity index (χ4v) is 2.02. The third-order valence-corrected chi connectivity index (χ3v) is 2.89. The summed E-state index contributed by atoms with van der Waals surface area (Å²) >= 11 is 0. The molecule has 1 N–H and O–H groups in total. The Kier molecular flexibility index (Phi) is 1.41. The van der Waals surface area contributed by atoms with Gasteiger partial charge < -0.3 is 5.32 Å². The molecule has 0 spiro atoms. The van der Waals surface area contributed by atoms with E-state index < -0.39 is 9.84 Å². The average Bonchev–Trinajstić information content (AvgIpc) is 2.04. The van der Waals surface area contributed by atoms with Crippen LogP contribution in [-0.2, 0) is 9.84 Å². The molecule has 2 rings (SSSR count). The highest BCUT2D eigenvalue weighted by Gasteiger charge is 2.19. The zero-order valence-corrected chi connectivity index (χ0v) is 6.88. The molecule has 1 aromatic heterocycles. The standard InChI is InChI=1S/C7H6N2O2S/c10-12(11)5-4-8-6-2-1-3-9-7(6)12/h1-5,8H. The first-order valence-electron chi connectivity index (χ1n) is 3.33. The van der Waals surface area contributed by atoms with Gasteiger partial charge in [-0.25, -0.2) is 13.4 Å². The summed E-state index contributed by atoms with van der Waals surface area (Å²) in [6.07, 6.45) is 2.84. The van der Waals surface area contributed by atoms with E-state index in [-0.39, 0.29) is 5.03 Å². The van der Waals surface area contributed by atoms with E-state index in [0.29, 0.717) is 5.69 Å². The third-order valence-electron chi connectivity index (χ3n) is 1.53. The van der Waals surface area contributed by atoms with Gasteiger partial charge in [0.25, 0.3) is 0 Å². The number of nitrogens with zero attached hydrogens (tertiary/aromatic N) is 1. The van der Waals surface area contributed by atoms with Crippen LogP contribution in [0.3, 0.4) is 0 Å². The molecule has 0 unspecified atom stereocenters. The summed E-state index contributed by atoms with van der Waals surface area (Å²) in [5.74, 6) is 0. The van der Waals surface area contributed by atoms with Gasteiger partial charge in [-0.3, -0.25) is 0 Å². The summed E-state index contributed by atoms with van der Waals surface area (Å²) in [5.41, 5.74) is 0.528. The molecule has 1 aliphatic rings. The van der Waals surface area contributed by atoms with Crippen LogP contribution in [0, 0.1) is 0 Å². The van der Waals surface area contributed by atoms with E-state index in [2.05, 4.69) is 10.3 Å². The summed E-state index contributed by atoms with van der Waals surface area (Å²) in [5, 5.41) is 3.99. The Morgan fingerprint density at radius 1 is 1.42 bits per heavy atom. The van der Waals surface area contributed by atoms with Crippen molar-refractivity contribution in [2.75, 3.05) is 5.32 Å². The summed E-state index contributed by atoms with van der Waals surface area (Å²) in [7, 11) is -3.30. The zero-order chi connectivity index (χ0) is 8.60. The Hall–Kier alpha value is -1.36. The lowest BCUT2D eigenvalue weighted by Crippen LogP contribution is -2.08. The fraction of sp³-hybridized carbons (Fsp3) is 0. The molecule has 0 atom stereocenters. The highest BCUT2D eigenvalue weighted by Crippen LogP contribution is 2.23. The van der Waals surface area contributed by atoms with Crippen LogP contribution < -0.4 is 5.32 Å². The van der Waals surface area contributed by atoms with Gasteiger partial charge in [0.1, 0.15) is 0 Å². The van der Waals surface area contributed by atoms with Gasteiger partial charge in [-0.1, -0.05) is 0 Å². The van der Waals surface area contributed by atoms with Crippen molar-refractivity contribution in [2.45, 2.75) is 5.03 Å². The molecule has 62 valence electrons. The maximum absolute atomic E-state index is 11.3. The molecular weight excluding hydrogens is 176 g/mol. The second-order valence-corrected chi connectivity index (χ2v) is 4.10. The van der Waals surface area contributed by atoms with Crippen molar-refractivity contribution in [3.05, 3.63) is 29.9 Å². The Labute approximate surface area is 69.9 Å². The third kappa shape index (κ3) is 0.984. The first-order valence-corrected chi connectivity index (χ1v) is 4.88. The topological polar surface area (TPSA) is 59.1 Å². The molecular formula is C7H6N2O2S. The lowest BCUT2D eigenvalue weighted by molar-refractivity contribution is 0.601. The molecule has 0 aromatic carbocycles. The van der Waals surface area contributed by atoms with E-state index in [9.17, 15) is 8.42 Å². The molecule has 12 heavy (non-hydrogen) atoms. The van der Waals surface area contributed by atoms with Gasteiger partial charge in [-0.05, 0) is 12.1 Å². The van der Waals surface area contributed by atoms with Crippen molar-refractivity contribution in [3.8, 4) is 0 Å². The van der Waals surface area contributed by atoms with Gasteiger partial charge in [-0.15, -0.1) is 0 Å². The molecule has 0 bridgehead atoms. The lowest BCUT2D eigenvalue weighted by atomic mass is 10.4. The normalized spacial score (nSPS) is 18.0. The number of sulfone groups is 1. The van der Waals surface area contributed by atoms with E-state index in [1.165, 1.54) is 12.4 Å². The monoisotopic (exact) mass is 182 g/mol. The van der Waals surface area contributed by atoms with Crippen LogP contribution >= 0.6 is 0 Å². The van der Waals surface area contributed by atoms with Crippen molar-refractivity contribution in [2.24, 2.45) is 0 Å². The number of nitrogens with one attached hydrogen (secondary N) is 1. The summed E-state index contributed by atoms with van der Waals surface area (Å²) in [6.45, 7) is 0. The highest BCUT2D eigenvalue weighted by molar-refractivity contribution is 7.94. The highest BCUT2D eigenvalue weighted by atomic mass is 32.2. The van der Waals surface area contributed by atoms with Crippen molar-refractivity contribution in [3.63, 3.8) is 0 Å². The van der Waals surface area contributed by atoms with E-state index in [1.807, 2.05) is 0 Å². The number of hydrogen-bond donors (Lipinski definition) is 1. The molecule has 0 aliphatic carbocycles. The van der Waals surface area contributed by atoms with Crippen LogP contribution in [0.25, 0.3) is 0 Å². The van der Waals surface area contributed by atoms with Gasteiger partial charge in [0.2, 0.25) is 9.84 Å². The number of pyridine rings is 1. The number of fused-ring (bicyclic) bond motifs is 1. The van der Waals surface area contributed by atoms with Crippen LogP contribution in [0.2, 0.25) is 0 Å². The molecule has 0 saturated heterocycles. The molecule has 2 heterocycles. The van der Waals surface area contributed by atoms with Gasteiger partial charge in [0.15, 0.2) is 5.03 Å². The number of hydrogen-bond acceptors (Lipinski definition) is 4. The smallest absolute Gasteiger partial charge is 0.220 e. The molecule has 0 radical (unpaired) electrons. The van der Waals surface area contributed by atoms with Crippen LogP contribution in [0.5, 0.6) is 0 Å². The largest absolute Gasteiger partial charge is 0.359 e. The lowest BCUT2D eigenvalue weighted by Gasteiger charge is -2.10. The van der Waals surface area contributed by atoms with Gasteiger partial charge in [0, 0.05) is 12.4 Å². The first-order chi connectivity index (χ1) is 5.70. The van der Waals surface area contributed by atoms with Crippen molar-refractivity contribution < 1.29 is 8.42 Å². The molecule has 5 heteroatoms. The SMILES string of the molecule is O=S1(=O)C=CNc2cccnc21. The number of anilines is 1. The summed E-state index contributed by atoms with van der Waals surface area (Å²) < 4.78 is 22.6. The van der Waals surface area contributed by atoms with E-state index in [0.717, 1.165) is 5.41 Å². The number of aromatic nitrogens is 1. The Morgan fingerprint density at radius 3 is 3.00 bits per heavy atom. The molecule has 0 amide bonds. The maximum atomic E-state index is 11.3. The zero-order valence-electron chi connectivity index (χ0n) is 6.06. The second kappa shape index (κ2) is 2.31. The van der Waals surface area contributed by atoms with Gasteiger partial charge in [-0.2, -0.15) is 0 Å².